The Morgan fingerprint density at radius 2 is 1.61 bits per heavy atom. The first-order valence-electron chi connectivity index (χ1n) is 9.77. The van der Waals surface area contributed by atoms with Crippen molar-refractivity contribution in [2.45, 2.75) is 37.7 Å². The number of hydrogen-bond donors (Lipinski definition) is 1. The van der Waals surface area contributed by atoms with Gasteiger partial charge in [0.1, 0.15) is 6.61 Å². The average Bonchev–Trinajstić information content (AvgIpc) is 3.26. The number of anilines is 1. The van der Waals surface area contributed by atoms with Crippen LogP contribution in [0.2, 0.25) is 0 Å². The minimum Gasteiger partial charge on any atom is -0.485 e. The summed E-state index contributed by atoms with van der Waals surface area (Å²) in [6.07, 6.45) is 5.50. The first-order valence-corrected chi connectivity index (χ1v) is 9.77. The molecule has 1 aliphatic carbocycles. The van der Waals surface area contributed by atoms with Crippen molar-refractivity contribution in [1.29, 1.82) is 0 Å². The van der Waals surface area contributed by atoms with Crippen LogP contribution in [-0.4, -0.2) is 10.9 Å². The van der Waals surface area contributed by atoms with E-state index in [0.717, 1.165) is 36.8 Å². The second-order valence-electron chi connectivity index (χ2n) is 7.23. The normalized spacial score (nSPS) is 15.1. The molecule has 4 nitrogen and oxygen atoms in total. The number of carbonyl (C=O) groups excluding carboxylic acids is 1. The molecule has 0 radical (unpaired) electrons. The Bertz CT molecular complexity index is 920. The summed E-state index contributed by atoms with van der Waals surface area (Å²) in [6, 6.07) is 23.7. The third kappa shape index (κ3) is 3.77. The first-order chi connectivity index (χ1) is 13.8. The zero-order valence-corrected chi connectivity index (χ0v) is 15.8. The number of amides is 1. The van der Waals surface area contributed by atoms with Crippen molar-refractivity contribution in [2.24, 2.45) is 0 Å². The maximum Gasteiger partial charge on any atom is 0.236 e. The van der Waals surface area contributed by atoms with Gasteiger partial charge in [0.25, 0.3) is 0 Å². The van der Waals surface area contributed by atoms with Gasteiger partial charge in [0.2, 0.25) is 5.91 Å². The number of ether oxygens (including phenoxy) is 1. The van der Waals surface area contributed by atoms with Crippen LogP contribution in [0.3, 0.4) is 0 Å². The molecule has 0 saturated heterocycles. The van der Waals surface area contributed by atoms with Crippen molar-refractivity contribution < 1.29 is 9.53 Å². The molecule has 1 amide bonds. The maximum absolute atomic E-state index is 13.4. The Morgan fingerprint density at radius 1 is 0.929 bits per heavy atom. The molecule has 142 valence electrons. The van der Waals surface area contributed by atoms with Crippen LogP contribution in [0, 0.1) is 0 Å². The fraction of sp³-hybridized carbons (Fsp3) is 0.250. The number of aromatic nitrogens is 1. The lowest BCUT2D eigenvalue weighted by Gasteiger charge is -2.28. The number of rotatable bonds is 6. The second kappa shape index (κ2) is 8.26. The van der Waals surface area contributed by atoms with Crippen LogP contribution in [-0.2, 0) is 16.8 Å². The monoisotopic (exact) mass is 372 g/mol. The zero-order valence-electron chi connectivity index (χ0n) is 15.8. The third-order valence-electron chi connectivity index (χ3n) is 5.46. The first kappa shape index (κ1) is 18.2. The van der Waals surface area contributed by atoms with Crippen LogP contribution in [0.15, 0.2) is 79.0 Å². The standard InChI is InChI=1S/C24H24N2O2/c27-23(24(15-7-8-16-24)20-12-5-2-6-13-20)26-22-21(14-9-17-25-22)28-18-19-10-3-1-4-11-19/h1-6,9-14,17H,7-8,15-16,18H2,(H,25,26,27). The number of hydrogen-bond acceptors (Lipinski definition) is 3. The van der Waals surface area contributed by atoms with Crippen LogP contribution in [0.5, 0.6) is 5.75 Å². The van der Waals surface area contributed by atoms with Crippen molar-refractivity contribution >= 4 is 11.7 Å². The Hall–Kier alpha value is -3.14. The molecule has 0 unspecified atom stereocenters. The lowest BCUT2D eigenvalue weighted by Crippen LogP contribution is -2.38. The van der Waals surface area contributed by atoms with Gasteiger partial charge in [0, 0.05) is 6.20 Å². The van der Waals surface area contributed by atoms with Crippen molar-refractivity contribution in [3.05, 3.63) is 90.1 Å². The molecule has 4 heteroatoms. The number of nitrogens with one attached hydrogen (secondary N) is 1. The summed E-state index contributed by atoms with van der Waals surface area (Å²) in [7, 11) is 0. The summed E-state index contributed by atoms with van der Waals surface area (Å²) in [5.74, 6) is 1.06. The van der Waals surface area contributed by atoms with E-state index in [0.29, 0.717) is 18.2 Å². The highest BCUT2D eigenvalue weighted by molar-refractivity contribution is 5.99. The molecule has 1 heterocycles. The highest BCUT2D eigenvalue weighted by Gasteiger charge is 2.42. The van der Waals surface area contributed by atoms with Gasteiger partial charge < -0.3 is 10.1 Å². The van der Waals surface area contributed by atoms with E-state index < -0.39 is 5.41 Å². The van der Waals surface area contributed by atoms with E-state index >= 15 is 0 Å². The highest BCUT2D eigenvalue weighted by Crippen LogP contribution is 2.42. The summed E-state index contributed by atoms with van der Waals surface area (Å²) in [5, 5.41) is 3.05. The number of carbonyl (C=O) groups is 1. The molecule has 0 atom stereocenters. The van der Waals surface area contributed by atoms with Gasteiger partial charge in [-0.05, 0) is 36.1 Å². The van der Waals surface area contributed by atoms with Gasteiger partial charge in [-0.2, -0.15) is 0 Å². The van der Waals surface area contributed by atoms with Crippen molar-refractivity contribution in [1.82, 2.24) is 4.98 Å². The van der Waals surface area contributed by atoms with Gasteiger partial charge >= 0.3 is 0 Å². The van der Waals surface area contributed by atoms with E-state index in [1.165, 1.54) is 0 Å². The summed E-state index contributed by atoms with van der Waals surface area (Å²) in [6.45, 7) is 0.430. The maximum atomic E-state index is 13.4. The Labute approximate surface area is 165 Å². The van der Waals surface area contributed by atoms with Crippen molar-refractivity contribution in [3.63, 3.8) is 0 Å². The van der Waals surface area contributed by atoms with Gasteiger partial charge in [-0.1, -0.05) is 73.5 Å². The molecule has 28 heavy (non-hydrogen) atoms. The van der Waals surface area contributed by atoms with Gasteiger partial charge in [-0.3, -0.25) is 4.79 Å². The molecule has 0 aliphatic heterocycles. The topological polar surface area (TPSA) is 51.2 Å². The van der Waals surface area contributed by atoms with Crippen LogP contribution in [0.1, 0.15) is 36.8 Å². The fourth-order valence-corrected chi connectivity index (χ4v) is 3.95. The van der Waals surface area contributed by atoms with E-state index in [1.807, 2.05) is 60.7 Å². The van der Waals surface area contributed by atoms with E-state index in [2.05, 4.69) is 22.4 Å². The molecule has 1 N–H and O–H groups in total. The largest absolute Gasteiger partial charge is 0.485 e. The molecule has 4 rings (SSSR count). The Morgan fingerprint density at radius 3 is 2.32 bits per heavy atom. The van der Waals surface area contributed by atoms with Gasteiger partial charge in [-0.15, -0.1) is 0 Å². The Kier molecular flexibility index (Phi) is 5.38. The van der Waals surface area contributed by atoms with Crippen LogP contribution in [0.25, 0.3) is 0 Å². The number of nitrogens with zero attached hydrogens (tertiary/aromatic N) is 1. The molecule has 0 spiro atoms. The van der Waals surface area contributed by atoms with Gasteiger partial charge in [0.05, 0.1) is 5.41 Å². The van der Waals surface area contributed by atoms with E-state index in [-0.39, 0.29) is 5.91 Å². The Balaban J connectivity index is 1.54. The van der Waals surface area contributed by atoms with Crippen molar-refractivity contribution in [3.8, 4) is 5.75 Å². The molecule has 3 aromatic rings. The molecular weight excluding hydrogens is 348 g/mol. The van der Waals surface area contributed by atoms with E-state index in [1.54, 1.807) is 6.20 Å². The molecule has 1 saturated carbocycles. The van der Waals surface area contributed by atoms with E-state index in [4.69, 9.17) is 4.74 Å². The van der Waals surface area contributed by atoms with E-state index in [9.17, 15) is 4.79 Å². The summed E-state index contributed by atoms with van der Waals surface area (Å²) in [4.78, 5) is 17.7. The number of pyridine rings is 1. The smallest absolute Gasteiger partial charge is 0.236 e. The minimum atomic E-state index is -0.491. The van der Waals surface area contributed by atoms with Crippen LogP contribution in [0.4, 0.5) is 5.82 Å². The van der Waals surface area contributed by atoms with Crippen LogP contribution >= 0.6 is 0 Å². The molecule has 2 aromatic carbocycles. The lowest BCUT2D eigenvalue weighted by molar-refractivity contribution is -0.121. The predicted octanol–water partition coefficient (Wildman–Crippen LogP) is 5.11. The summed E-state index contributed by atoms with van der Waals surface area (Å²) in [5.41, 5.74) is 1.66. The highest BCUT2D eigenvalue weighted by atomic mass is 16.5. The second-order valence-corrected chi connectivity index (χ2v) is 7.23. The van der Waals surface area contributed by atoms with Gasteiger partial charge in [0.15, 0.2) is 11.6 Å². The molecular formula is C24H24N2O2. The molecule has 1 aliphatic rings. The van der Waals surface area contributed by atoms with Crippen LogP contribution < -0.4 is 10.1 Å². The molecule has 1 fully saturated rings. The molecule has 0 bridgehead atoms. The summed E-state index contributed by atoms with van der Waals surface area (Å²) >= 11 is 0. The summed E-state index contributed by atoms with van der Waals surface area (Å²) < 4.78 is 5.95. The number of benzene rings is 2. The predicted molar refractivity (Wildman–Crippen MR) is 110 cm³/mol. The van der Waals surface area contributed by atoms with Gasteiger partial charge in [-0.25, -0.2) is 4.98 Å². The average molecular weight is 372 g/mol. The zero-order chi connectivity index (χ0) is 19.2. The fourth-order valence-electron chi connectivity index (χ4n) is 3.95. The molecule has 1 aromatic heterocycles. The lowest BCUT2D eigenvalue weighted by atomic mass is 9.78. The third-order valence-corrected chi connectivity index (χ3v) is 5.46. The SMILES string of the molecule is O=C(Nc1ncccc1OCc1ccccc1)C1(c2ccccc2)CCCC1. The van der Waals surface area contributed by atoms with Crippen molar-refractivity contribution in [2.75, 3.05) is 5.32 Å². The quantitative estimate of drug-likeness (QED) is 0.654. The minimum absolute atomic E-state index is 0.000499.